The largest absolute Gasteiger partial charge is 0.322 e. The maximum Gasteiger partial charge on any atom is 0.262 e. The van der Waals surface area contributed by atoms with E-state index in [4.69, 9.17) is 0 Å². The van der Waals surface area contributed by atoms with Gasteiger partial charge in [0.25, 0.3) is 15.9 Å². The first-order chi connectivity index (χ1) is 13.2. The lowest BCUT2D eigenvalue weighted by Gasteiger charge is -2.13. The lowest BCUT2D eigenvalue weighted by Crippen LogP contribution is -2.17. The molecule has 0 aromatic heterocycles. The van der Waals surface area contributed by atoms with Crippen LogP contribution in [0.15, 0.2) is 71.6 Å². The van der Waals surface area contributed by atoms with Crippen molar-refractivity contribution in [1.29, 1.82) is 0 Å². The van der Waals surface area contributed by atoms with Crippen molar-refractivity contribution in [2.45, 2.75) is 25.7 Å². The van der Waals surface area contributed by atoms with Crippen molar-refractivity contribution in [3.63, 3.8) is 0 Å². The first kappa shape index (κ1) is 19.6. The molecule has 0 heterocycles. The van der Waals surface area contributed by atoms with E-state index in [1.165, 1.54) is 6.07 Å². The molecule has 0 fully saturated rings. The van der Waals surface area contributed by atoms with Gasteiger partial charge in [-0.25, -0.2) is 8.42 Å². The maximum atomic E-state index is 12.9. The molecule has 2 N–H and O–H groups in total. The molecule has 6 heteroatoms. The van der Waals surface area contributed by atoms with E-state index in [2.05, 4.69) is 10.0 Å². The van der Waals surface area contributed by atoms with Crippen molar-refractivity contribution in [1.82, 2.24) is 0 Å². The molecule has 0 aliphatic carbocycles. The van der Waals surface area contributed by atoms with E-state index in [0.29, 0.717) is 16.9 Å². The number of nitrogens with one attached hydrogen (secondary N) is 2. The van der Waals surface area contributed by atoms with Gasteiger partial charge in [-0.3, -0.25) is 9.52 Å². The Labute approximate surface area is 165 Å². The van der Waals surface area contributed by atoms with Crippen molar-refractivity contribution < 1.29 is 13.2 Å². The van der Waals surface area contributed by atoms with Crippen LogP contribution in [0.2, 0.25) is 0 Å². The number of hydrogen-bond donors (Lipinski definition) is 2. The lowest BCUT2D eigenvalue weighted by atomic mass is 10.1. The van der Waals surface area contributed by atoms with E-state index in [9.17, 15) is 13.2 Å². The van der Waals surface area contributed by atoms with Crippen LogP contribution in [0.5, 0.6) is 0 Å². The van der Waals surface area contributed by atoms with E-state index >= 15 is 0 Å². The van der Waals surface area contributed by atoms with Crippen molar-refractivity contribution in [3.05, 3.63) is 89.0 Å². The summed E-state index contributed by atoms with van der Waals surface area (Å²) in [6.45, 7) is 5.55. The molecule has 0 radical (unpaired) electrons. The van der Waals surface area contributed by atoms with Crippen LogP contribution in [0.25, 0.3) is 0 Å². The molecule has 3 aromatic carbocycles. The van der Waals surface area contributed by atoms with Gasteiger partial charge in [-0.05, 0) is 68.3 Å². The minimum Gasteiger partial charge on any atom is -0.322 e. The molecule has 3 aromatic rings. The first-order valence-corrected chi connectivity index (χ1v) is 10.3. The van der Waals surface area contributed by atoms with Crippen LogP contribution < -0.4 is 10.0 Å². The summed E-state index contributed by atoms with van der Waals surface area (Å²) < 4.78 is 28.3. The van der Waals surface area contributed by atoms with Gasteiger partial charge in [-0.15, -0.1) is 0 Å². The highest BCUT2D eigenvalue weighted by Gasteiger charge is 2.19. The Kier molecular flexibility index (Phi) is 5.51. The highest BCUT2D eigenvalue weighted by Crippen LogP contribution is 2.22. The summed E-state index contributed by atoms with van der Waals surface area (Å²) in [5, 5.41) is 2.79. The molecule has 0 atom stereocenters. The summed E-state index contributed by atoms with van der Waals surface area (Å²) in [5.41, 5.74) is 4.00. The van der Waals surface area contributed by atoms with Gasteiger partial charge in [0.1, 0.15) is 0 Å². The van der Waals surface area contributed by atoms with Gasteiger partial charge in [0.2, 0.25) is 0 Å². The number of anilines is 2. The summed E-state index contributed by atoms with van der Waals surface area (Å²) in [6.07, 6.45) is 0. The molecule has 3 rings (SSSR count). The smallest absolute Gasteiger partial charge is 0.262 e. The van der Waals surface area contributed by atoms with Crippen LogP contribution in [-0.2, 0) is 10.0 Å². The van der Waals surface area contributed by atoms with Gasteiger partial charge in [-0.2, -0.15) is 0 Å². The molecule has 1 amide bonds. The van der Waals surface area contributed by atoms with Crippen LogP contribution in [0.4, 0.5) is 11.4 Å². The van der Waals surface area contributed by atoms with E-state index in [0.717, 1.165) is 11.1 Å². The van der Waals surface area contributed by atoms with Crippen LogP contribution in [0.1, 0.15) is 27.0 Å². The van der Waals surface area contributed by atoms with Gasteiger partial charge >= 0.3 is 0 Å². The standard InChI is InChI=1S/C22H22N2O3S/c1-15-7-11-19(12-8-15)23-22(25)18-10-9-17(3)21(14-18)28(26,27)24-20-6-4-5-16(2)13-20/h4-14,24H,1-3H3,(H,23,25). The van der Waals surface area contributed by atoms with Gasteiger partial charge < -0.3 is 5.32 Å². The molecule has 144 valence electrons. The zero-order valence-corrected chi connectivity index (χ0v) is 16.8. The fraction of sp³-hybridized carbons (Fsp3) is 0.136. The number of benzene rings is 3. The summed E-state index contributed by atoms with van der Waals surface area (Å²) in [5.74, 6) is -0.365. The number of hydrogen-bond acceptors (Lipinski definition) is 3. The number of aryl methyl sites for hydroxylation is 3. The second-order valence-electron chi connectivity index (χ2n) is 6.78. The van der Waals surface area contributed by atoms with E-state index < -0.39 is 10.0 Å². The molecule has 0 aliphatic heterocycles. The minimum atomic E-state index is -3.83. The van der Waals surface area contributed by atoms with Gasteiger partial charge in [-0.1, -0.05) is 35.9 Å². The zero-order valence-electron chi connectivity index (χ0n) is 16.0. The predicted octanol–water partition coefficient (Wildman–Crippen LogP) is 4.66. The predicted molar refractivity (Wildman–Crippen MR) is 112 cm³/mol. The Morgan fingerprint density at radius 3 is 2.18 bits per heavy atom. The minimum absolute atomic E-state index is 0.0746. The van der Waals surface area contributed by atoms with Crippen molar-refractivity contribution >= 4 is 27.3 Å². The van der Waals surface area contributed by atoms with E-state index in [1.54, 1.807) is 49.4 Å². The molecular formula is C22H22N2O3S. The number of carbonyl (C=O) groups excluding carboxylic acids is 1. The number of amides is 1. The molecule has 0 saturated carbocycles. The molecule has 5 nitrogen and oxygen atoms in total. The monoisotopic (exact) mass is 394 g/mol. The Balaban J connectivity index is 1.87. The molecule has 0 spiro atoms. The quantitative estimate of drug-likeness (QED) is 0.661. The van der Waals surface area contributed by atoms with Crippen LogP contribution in [0, 0.1) is 20.8 Å². The fourth-order valence-corrected chi connectivity index (χ4v) is 4.11. The molecule has 0 saturated heterocycles. The molecule has 0 unspecified atom stereocenters. The third-order valence-electron chi connectivity index (χ3n) is 4.32. The Morgan fingerprint density at radius 2 is 1.50 bits per heavy atom. The Bertz CT molecular complexity index is 1120. The van der Waals surface area contributed by atoms with Crippen molar-refractivity contribution in [2.24, 2.45) is 0 Å². The van der Waals surface area contributed by atoms with Crippen molar-refractivity contribution in [2.75, 3.05) is 10.0 Å². The highest BCUT2D eigenvalue weighted by molar-refractivity contribution is 7.92. The SMILES string of the molecule is Cc1ccc(NC(=O)c2ccc(C)c(S(=O)(=O)Nc3cccc(C)c3)c2)cc1. The van der Waals surface area contributed by atoms with Crippen LogP contribution in [0.3, 0.4) is 0 Å². The molecule has 0 bridgehead atoms. The van der Waals surface area contributed by atoms with Crippen molar-refractivity contribution in [3.8, 4) is 0 Å². The topological polar surface area (TPSA) is 75.3 Å². The fourth-order valence-electron chi connectivity index (χ4n) is 2.79. The Hall–Kier alpha value is -3.12. The average Bonchev–Trinajstić information content (AvgIpc) is 2.63. The third-order valence-corrected chi connectivity index (χ3v) is 5.84. The molecule has 28 heavy (non-hydrogen) atoms. The van der Waals surface area contributed by atoms with E-state index in [1.807, 2.05) is 32.0 Å². The normalized spacial score (nSPS) is 11.1. The number of sulfonamides is 1. The first-order valence-electron chi connectivity index (χ1n) is 8.83. The highest BCUT2D eigenvalue weighted by atomic mass is 32.2. The molecule has 0 aliphatic rings. The second kappa shape index (κ2) is 7.86. The summed E-state index contributed by atoms with van der Waals surface area (Å²) >= 11 is 0. The van der Waals surface area contributed by atoms with Gasteiger partial charge in [0.05, 0.1) is 4.90 Å². The summed E-state index contributed by atoms with van der Waals surface area (Å²) in [6, 6.07) is 19.2. The number of rotatable bonds is 5. The number of carbonyl (C=O) groups is 1. The maximum absolute atomic E-state index is 12.9. The summed E-state index contributed by atoms with van der Waals surface area (Å²) in [4.78, 5) is 12.6. The van der Waals surface area contributed by atoms with Crippen LogP contribution in [-0.4, -0.2) is 14.3 Å². The van der Waals surface area contributed by atoms with Gasteiger partial charge in [0.15, 0.2) is 0 Å². The Morgan fingerprint density at radius 1 is 0.786 bits per heavy atom. The second-order valence-corrected chi connectivity index (χ2v) is 8.43. The lowest BCUT2D eigenvalue weighted by molar-refractivity contribution is 0.102. The zero-order chi connectivity index (χ0) is 20.3. The van der Waals surface area contributed by atoms with Crippen LogP contribution >= 0.6 is 0 Å². The molecular weight excluding hydrogens is 372 g/mol. The average molecular weight is 394 g/mol. The van der Waals surface area contributed by atoms with Gasteiger partial charge in [0, 0.05) is 16.9 Å². The summed E-state index contributed by atoms with van der Waals surface area (Å²) in [7, 11) is -3.83. The van der Waals surface area contributed by atoms with E-state index in [-0.39, 0.29) is 16.4 Å². The third kappa shape index (κ3) is 4.58.